The maximum absolute atomic E-state index is 14.2. The molecule has 0 spiro atoms. The fraction of sp³-hybridized carbons (Fsp3) is 0.682. The molecule has 1 aliphatic heterocycles. The highest BCUT2D eigenvalue weighted by Crippen LogP contribution is 2.25. The molecule has 1 aromatic carbocycles. The third kappa shape index (κ3) is 6.74. The summed E-state index contributed by atoms with van der Waals surface area (Å²) in [7, 11) is 0. The van der Waals surface area contributed by atoms with Crippen LogP contribution < -0.4 is 4.90 Å². The number of rotatable bonds is 13. The van der Waals surface area contributed by atoms with Gasteiger partial charge >= 0.3 is 6.03 Å². The van der Waals surface area contributed by atoms with Gasteiger partial charge in [-0.3, -0.25) is 4.90 Å². The van der Waals surface area contributed by atoms with Crippen LogP contribution >= 0.6 is 0 Å². The number of benzene rings is 1. The van der Waals surface area contributed by atoms with Crippen molar-refractivity contribution in [2.75, 3.05) is 24.5 Å². The summed E-state index contributed by atoms with van der Waals surface area (Å²) in [5.41, 5.74) is 0.728. The number of hydrogen-bond donors (Lipinski definition) is 2. The average molecular weight is 395 g/mol. The summed E-state index contributed by atoms with van der Waals surface area (Å²) in [5.74, 6) is -0.499. The van der Waals surface area contributed by atoms with Gasteiger partial charge in [-0.1, -0.05) is 57.9 Å². The molecule has 1 aliphatic rings. The van der Waals surface area contributed by atoms with Crippen LogP contribution in [0.2, 0.25) is 0 Å². The Morgan fingerprint density at radius 3 is 2.46 bits per heavy atom. The topological polar surface area (TPSA) is 64.0 Å². The Bertz CT molecular complexity index is 611. The van der Waals surface area contributed by atoms with E-state index < -0.39 is 11.9 Å². The van der Waals surface area contributed by atoms with E-state index in [1.807, 2.05) is 0 Å². The van der Waals surface area contributed by atoms with E-state index in [1.54, 1.807) is 11.0 Å². The van der Waals surface area contributed by atoms with Crippen molar-refractivity contribution in [1.82, 2.24) is 4.90 Å². The lowest BCUT2D eigenvalue weighted by atomic mass is 10.0. The predicted molar refractivity (Wildman–Crippen MR) is 110 cm³/mol. The van der Waals surface area contributed by atoms with Crippen LogP contribution in [-0.4, -0.2) is 46.9 Å². The Labute approximate surface area is 168 Å². The minimum atomic E-state index is -0.499. The molecule has 2 N–H and O–H groups in total. The Balaban J connectivity index is 1.69. The van der Waals surface area contributed by atoms with Gasteiger partial charge in [0, 0.05) is 19.6 Å². The standard InChI is InChI=1S/C22H35FN2O3/c1-2-3-4-5-6-7-8-9-19(27)12-13-24-14-15-25(22(24)28)21-11-10-18(17-26)16-20(21)23/h10-11,16,19,26-27H,2-9,12-15,17H2,1H3. The summed E-state index contributed by atoms with van der Waals surface area (Å²) in [6, 6.07) is 4.20. The summed E-state index contributed by atoms with van der Waals surface area (Å²) in [6.45, 7) is 3.44. The lowest BCUT2D eigenvalue weighted by Crippen LogP contribution is -2.34. The molecule has 2 rings (SSSR count). The third-order valence-corrected chi connectivity index (χ3v) is 5.45. The van der Waals surface area contributed by atoms with E-state index >= 15 is 0 Å². The van der Waals surface area contributed by atoms with Crippen molar-refractivity contribution >= 4 is 11.7 Å². The van der Waals surface area contributed by atoms with Crippen LogP contribution in [0.25, 0.3) is 0 Å². The van der Waals surface area contributed by atoms with Crippen molar-refractivity contribution in [2.45, 2.75) is 77.4 Å². The van der Waals surface area contributed by atoms with Crippen LogP contribution in [0.5, 0.6) is 0 Å². The molecule has 0 bridgehead atoms. The van der Waals surface area contributed by atoms with Crippen molar-refractivity contribution in [3.05, 3.63) is 29.6 Å². The molecule has 1 atom stereocenters. The molecule has 1 unspecified atom stereocenters. The second kappa shape index (κ2) is 12.0. The van der Waals surface area contributed by atoms with Gasteiger partial charge in [0.1, 0.15) is 5.82 Å². The molecule has 28 heavy (non-hydrogen) atoms. The highest BCUT2D eigenvalue weighted by molar-refractivity contribution is 5.94. The molecule has 1 heterocycles. The van der Waals surface area contributed by atoms with Crippen LogP contribution in [0.15, 0.2) is 18.2 Å². The summed E-state index contributed by atoms with van der Waals surface area (Å²) in [6.07, 6.45) is 9.48. The molecule has 158 valence electrons. The molecule has 0 aliphatic carbocycles. The maximum atomic E-state index is 14.2. The van der Waals surface area contributed by atoms with E-state index in [1.165, 1.54) is 49.1 Å². The first-order chi connectivity index (χ1) is 13.6. The Hall–Kier alpha value is -1.66. The first-order valence-corrected chi connectivity index (χ1v) is 10.7. The Morgan fingerprint density at radius 1 is 1.07 bits per heavy atom. The Kier molecular flexibility index (Phi) is 9.71. The first-order valence-electron chi connectivity index (χ1n) is 10.7. The average Bonchev–Trinajstić information content (AvgIpc) is 3.05. The normalized spacial score (nSPS) is 15.5. The quantitative estimate of drug-likeness (QED) is 0.486. The minimum Gasteiger partial charge on any atom is -0.393 e. The summed E-state index contributed by atoms with van der Waals surface area (Å²) in [5, 5.41) is 19.3. The molecular formula is C22H35FN2O3. The zero-order valence-corrected chi connectivity index (χ0v) is 17.1. The van der Waals surface area contributed by atoms with Crippen LogP contribution in [0.1, 0.15) is 70.3 Å². The monoisotopic (exact) mass is 394 g/mol. The van der Waals surface area contributed by atoms with Crippen LogP contribution in [0.3, 0.4) is 0 Å². The van der Waals surface area contributed by atoms with Gasteiger partial charge in [-0.2, -0.15) is 0 Å². The molecule has 5 nitrogen and oxygen atoms in total. The summed E-state index contributed by atoms with van der Waals surface area (Å²) < 4.78 is 14.2. The molecule has 1 saturated heterocycles. The number of urea groups is 1. The number of carbonyl (C=O) groups excluding carboxylic acids is 1. The number of aliphatic hydroxyl groups excluding tert-OH is 2. The van der Waals surface area contributed by atoms with Gasteiger partial charge in [0.2, 0.25) is 0 Å². The van der Waals surface area contributed by atoms with Crippen molar-refractivity contribution in [2.24, 2.45) is 0 Å². The van der Waals surface area contributed by atoms with Gasteiger partial charge in [0.15, 0.2) is 0 Å². The second-order valence-corrected chi connectivity index (χ2v) is 7.72. The van der Waals surface area contributed by atoms with Gasteiger partial charge in [-0.15, -0.1) is 0 Å². The smallest absolute Gasteiger partial charge is 0.324 e. The zero-order valence-electron chi connectivity index (χ0n) is 17.1. The van der Waals surface area contributed by atoms with E-state index in [-0.39, 0.29) is 18.3 Å². The predicted octanol–water partition coefficient (Wildman–Crippen LogP) is 4.45. The van der Waals surface area contributed by atoms with E-state index in [0.29, 0.717) is 31.6 Å². The zero-order chi connectivity index (χ0) is 20.4. The maximum Gasteiger partial charge on any atom is 0.324 e. The van der Waals surface area contributed by atoms with E-state index in [2.05, 4.69) is 6.92 Å². The number of anilines is 1. The first kappa shape index (κ1) is 22.6. The molecule has 1 aromatic rings. The van der Waals surface area contributed by atoms with Crippen molar-refractivity contribution in [3.63, 3.8) is 0 Å². The van der Waals surface area contributed by atoms with Crippen LogP contribution in [0, 0.1) is 5.82 Å². The molecular weight excluding hydrogens is 359 g/mol. The van der Waals surface area contributed by atoms with Gasteiger partial charge in [0.05, 0.1) is 18.4 Å². The number of hydrogen-bond acceptors (Lipinski definition) is 3. The molecule has 2 amide bonds. The minimum absolute atomic E-state index is 0.223. The molecule has 6 heteroatoms. The number of unbranched alkanes of at least 4 members (excludes halogenated alkanes) is 6. The number of halogens is 1. The number of nitrogens with zero attached hydrogens (tertiary/aromatic N) is 2. The van der Waals surface area contributed by atoms with Crippen LogP contribution in [-0.2, 0) is 6.61 Å². The fourth-order valence-corrected chi connectivity index (χ4v) is 3.67. The van der Waals surface area contributed by atoms with Gasteiger partial charge in [0.25, 0.3) is 0 Å². The van der Waals surface area contributed by atoms with Crippen molar-refractivity contribution in [3.8, 4) is 0 Å². The highest BCUT2D eigenvalue weighted by atomic mass is 19.1. The SMILES string of the molecule is CCCCCCCCCC(O)CCN1CCN(c2ccc(CO)cc2F)C1=O. The highest BCUT2D eigenvalue weighted by Gasteiger charge is 2.31. The van der Waals surface area contributed by atoms with E-state index in [4.69, 9.17) is 5.11 Å². The Morgan fingerprint density at radius 2 is 1.79 bits per heavy atom. The van der Waals surface area contributed by atoms with Gasteiger partial charge < -0.3 is 15.1 Å². The fourth-order valence-electron chi connectivity index (χ4n) is 3.67. The molecule has 0 radical (unpaired) electrons. The van der Waals surface area contributed by atoms with Crippen LogP contribution in [0.4, 0.5) is 14.9 Å². The lowest BCUT2D eigenvalue weighted by Gasteiger charge is -2.20. The van der Waals surface area contributed by atoms with Gasteiger partial charge in [-0.25, -0.2) is 9.18 Å². The summed E-state index contributed by atoms with van der Waals surface area (Å²) >= 11 is 0. The number of aliphatic hydroxyl groups is 2. The van der Waals surface area contributed by atoms with Crippen molar-refractivity contribution in [1.29, 1.82) is 0 Å². The van der Waals surface area contributed by atoms with E-state index in [0.717, 1.165) is 19.3 Å². The number of amides is 2. The molecule has 0 aromatic heterocycles. The van der Waals surface area contributed by atoms with E-state index in [9.17, 15) is 14.3 Å². The van der Waals surface area contributed by atoms with Crippen molar-refractivity contribution < 1.29 is 19.4 Å². The number of carbonyl (C=O) groups is 1. The van der Waals surface area contributed by atoms with Gasteiger partial charge in [-0.05, 0) is 30.5 Å². The molecule has 1 fully saturated rings. The third-order valence-electron chi connectivity index (χ3n) is 5.45. The summed E-state index contributed by atoms with van der Waals surface area (Å²) in [4.78, 5) is 15.7. The molecule has 0 saturated carbocycles. The lowest BCUT2D eigenvalue weighted by molar-refractivity contribution is 0.137. The second-order valence-electron chi connectivity index (χ2n) is 7.72. The largest absolute Gasteiger partial charge is 0.393 e.